The summed E-state index contributed by atoms with van der Waals surface area (Å²) in [6.07, 6.45) is 0.914. The van der Waals surface area contributed by atoms with Crippen LogP contribution in [0.5, 0.6) is 0 Å². The molecule has 1 aliphatic heterocycles. The number of halogens is 3. The lowest BCUT2D eigenvalue weighted by Gasteiger charge is -2.34. The lowest BCUT2D eigenvalue weighted by atomic mass is 9.98. The Morgan fingerprint density at radius 2 is 2.28 bits per heavy atom. The van der Waals surface area contributed by atoms with Gasteiger partial charge in [0.25, 0.3) is 5.91 Å². The zero-order valence-corrected chi connectivity index (χ0v) is 12.9. The first-order chi connectivity index (χ1) is 8.49. The van der Waals surface area contributed by atoms with Crippen molar-refractivity contribution in [2.24, 2.45) is 5.92 Å². The van der Waals surface area contributed by atoms with Crippen LogP contribution in [-0.4, -0.2) is 29.3 Å². The molecule has 2 atom stereocenters. The van der Waals surface area contributed by atoms with E-state index < -0.39 is 0 Å². The second-order valence-electron chi connectivity index (χ2n) is 4.66. The van der Waals surface area contributed by atoms with E-state index in [1.54, 1.807) is 11.0 Å². The molecule has 0 spiro atoms. The van der Waals surface area contributed by atoms with Gasteiger partial charge in [0.05, 0.1) is 10.9 Å². The zero-order chi connectivity index (χ0) is 13.3. The molecule has 1 aliphatic rings. The van der Waals surface area contributed by atoms with Gasteiger partial charge in [-0.1, -0.05) is 6.92 Å². The average Bonchev–Trinajstić information content (AvgIpc) is 2.32. The lowest BCUT2D eigenvalue weighted by Crippen LogP contribution is -2.44. The summed E-state index contributed by atoms with van der Waals surface area (Å²) < 4.78 is 13.7. The van der Waals surface area contributed by atoms with Crippen LogP contribution in [0.1, 0.15) is 23.7 Å². The van der Waals surface area contributed by atoms with Crippen LogP contribution in [0.4, 0.5) is 4.39 Å². The third kappa shape index (κ3) is 2.96. The molecule has 18 heavy (non-hydrogen) atoms. The Bertz CT molecular complexity index is 468. The second kappa shape index (κ2) is 5.74. The molecule has 1 saturated heterocycles. The fourth-order valence-corrected chi connectivity index (χ4v) is 3.04. The van der Waals surface area contributed by atoms with E-state index in [1.807, 2.05) is 22.6 Å². The quantitative estimate of drug-likeness (QED) is 0.538. The van der Waals surface area contributed by atoms with Crippen molar-refractivity contribution in [1.82, 2.24) is 4.90 Å². The summed E-state index contributed by atoms with van der Waals surface area (Å²) in [5.74, 6) is 0.0541. The fourth-order valence-electron chi connectivity index (χ4n) is 2.04. The van der Waals surface area contributed by atoms with Gasteiger partial charge in [-0.15, -0.1) is 11.6 Å². The molecule has 1 aromatic rings. The van der Waals surface area contributed by atoms with Crippen LogP contribution in [0, 0.1) is 15.3 Å². The van der Waals surface area contributed by atoms with Gasteiger partial charge in [0.2, 0.25) is 0 Å². The predicted octanol–water partition coefficient (Wildman–Crippen LogP) is 3.52. The predicted molar refractivity (Wildman–Crippen MR) is 78.4 cm³/mol. The number of likely N-dealkylation sites (tertiary alicyclic amines) is 1. The van der Waals surface area contributed by atoms with Gasteiger partial charge >= 0.3 is 0 Å². The van der Waals surface area contributed by atoms with E-state index in [-0.39, 0.29) is 17.1 Å². The van der Waals surface area contributed by atoms with E-state index in [1.165, 1.54) is 12.1 Å². The van der Waals surface area contributed by atoms with Crippen molar-refractivity contribution < 1.29 is 9.18 Å². The van der Waals surface area contributed by atoms with E-state index in [4.69, 9.17) is 11.6 Å². The molecule has 5 heteroatoms. The Hall–Kier alpha value is -0.360. The van der Waals surface area contributed by atoms with Crippen LogP contribution in [0.25, 0.3) is 0 Å². The number of benzene rings is 1. The van der Waals surface area contributed by atoms with Gasteiger partial charge in [-0.05, 0) is 53.1 Å². The smallest absolute Gasteiger partial charge is 0.254 e. The van der Waals surface area contributed by atoms with Crippen molar-refractivity contribution >= 4 is 40.1 Å². The van der Waals surface area contributed by atoms with Gasteiger partial charge in [0.1, 0.15) is 5.82 Å². The molecule has 2 unspecified atom stereocenters. The highest BCUT2D eigenvalue weighted by atomic mass is 127. The summed E-state index contributed by atoms with van der Waals surface area (Å²) >= 11 is 8.19. The number of alkyl halides is 1. The molecule has 1 fully saturated rings. The standard InChI is InChI=1S/C13H14ClFINO/c1-8-4-5-17(7-11(8)14)13(18)10-3-2-9(15)6-12(10)16/h2-3,6,8,11H,4-5,7H2,1H3. The van der Waals surface area contributed by atoms with Crippen molar-refractivity contribution in [2.45, 2.75) is 18.7 Å². The fraction of sp³-hybridized carbons (Fsp3) is 0.462. The van der Waals surface area contributed by atoms with Gasteiger partial charge in [-0.2, -0.15) is 0 Å². The number of nitrogens with zero attached hydrogens (tertiary/aromatic N) is 1. The van der Waals surface area contributed by atoms with Crippen LogP contribution < -0.4 is 0 Å². The highest BCUT2D eigenvalue weighted by Crippen LogP contribution is 2.24. The molecular formula is C13H14ClFINO. The number of hydrogen-bond donors (Lipinski definition) is 0. The molecule has 0 radical (unpaired) electrons. The molecule has 0 aromatic heterocycles. The molecule has 0 bridgehead atoms. The van der Waals surface area contributed by atoms with Crippen LogP contribution in [0.15, 0.2) is 18.2 Å². The Balaban J connectivity index is 2.16. The van der Waals surface area contributed by atoms with E-state index in [9.17, 15) is 9.18 Å². The normalized spacial score (nSPS) is 24.1. The van der Waals surface area contributed by atoms with Gasteiger partial charge in [0, 0.05) is 16.7 Å². The molecule has 0 N–H and O–H groups in total. The third-order valence-electron chi connectivity index (χ3n) is 3.32. The summed E-state index contributed by atoms with van der Waals surface area (Å²) in [4.78, 5) is 14.1. The summed E-state index contributed by atoms with van der Waals surface area (Å²) in [6.45, 7) is 3.38. The summed E-state index contributed by atoms with van der Waals surface area (Å²) in [5.41, 5.74) is 0.551. The maximum Gasteiger partial charge on any atom is 0.254 e. The highest BCUT2D eigenvalue weighted by Gasteiger charge is 2.28. The van der Waals surface area contributed by atoms with Crippen molar-refractivity contribution in [3.05, 3.63) is 33.1 Å². The van der Waals surface area contributed by atoms with E-state index in [0.717, 1.165) is 13.0 Å². The number of piperidine rings is 1. The molecule has 2 rings (SSSR count). The van der Waals surface area contributed by atoms with Gasteiger partial charge < -0.3 is 4.90 Å². The molecule has 2 nitrogen and oxygen atoms in total. The Labute approximate surface area is 125 Å². The van der Waals surface area contributed by atoms with Crippen molar-refractivity contribution in [3.63, 3.8) is 0 Å². The summed E-state index contributed by atoms with van der Waals surface area (Å²) in [7, 11) is 0. The first-order valence-electron chi connectivity index (χ1n) is 5.87. The molecule has 98 valence electrons. The minimum absolute atomic E-state index is 0.000750. The number of hydrogen-bond acceptors (Lipinski definition) is 1. The number of amides is 1. The minimum atomic E-state index is -0.321. The topological polar surface area (TPSA) is 20.3 Å². The molecule has 0 aliphatic carbocycles. The Kier molecular flexibility index (Phi) is 4.48. The monoisotopic (exact) mass is 381 g/mol. The zero-order valence-electron chi connectivity index (χ0n) is 10.00. The molecule has 1 amide bonds. The van der Waals surface area contributed by atoms with Gasteiger partial charge in [0.15, 0.2) is 0 Å². The number of carbonyl (C=O) groups excluding carboxylic acids is 1. The largest absolute Gasteiger partial charge is 0.337 e. The second-order valence-corrected chi connectivity index (χ2v) is 6.38. The molecular weight excluding hydrogens is 368 g/mol. The van der Waals surface area contributed by atoms with Gasteiger partial charge in [-0.25, -0.2) is 4.39 Å². The van der Waals surface area contributed by atoms with Crippen molar-refractivity contribution in [2.75, 3.05) is 13.1 Å². The summed E-state index contributed by atoms with van der Waals surface area (Å²) in [6, 6.07) is 4.24. The number of carbonyl (C=O) groups is 1. The molecule has 1 heterocycles. The first-order valence-corrected chi connectivity index (χ1v) is 7.39. The van der Waals surface area contributed by atoms with Crippen LogP contribution in [0.2, 0.25) is 0 Å². The average molecular weight is 382 g/mol. The van der Waals surface area contributed by atoms with Crippen molar-refractivity contribution in [1.29, 1.82) is 0 Å². The van der Waals surface area contributed by atoms with E-state index >= 15 is 0 Å². The third-order valence-corrected chi connectivity index (χ3v) is 4.78. The maximum absolute atomic E-state index is 13.0. The van der Waals surface area contributed by atoms with E-state index in [2.05, 4.69) is 6.92 Å². The SMILES string of the molecule is CC1CCN(C(=O)c2ccc(F)cc2I)CC1Cl. The Morgan fingerprint density at radius 3 is 2.89 bits per heavy atom. The summed E-state index contributed by atoms with van der Waals surface area (Å²) in [5, 5.41) is 0.000750. The highest BCUT2D eigenvalue weighted by molar-refractivity contribution is 14.1. The van der Waals surface area contributed by atoms with Crippen molar-refractivity contribution in [3.8, 4) is 0 Å². The van der Waals surface area contributed by atoms with Crippen LogP contribution >= 0.6 is 34.2 Å². The maximum atomic E-state index is 13.0. The van der Waals surface area contributed by atoms with Crippen LogP contribution in [0.3, 0.4) is 0 Å². The first kappa shape index (κ1) is 14.1. The lowest BCUT2D eigenvalue weighted by molar-refractivity contribution is 0.0700. The van der Waals surface area contributed by atoms with Gasteiger partial charge in [-0.3, -0.25) is 4.79 Å². The Morgan fingerprint density at radius 1 is 1.56 bits per heavy atom. The van der Waals surface area contributed by atoms with E-state index in [0.29, 0.717) is 21.6 Å². The molecule has 1 aromatic carbocycles. The minimum Gasteiger partial charge on any atom is -0.337 e. The van der Waals surface area contributed by atoms with Crippen LogP contribution in [-0.2, 0) is 0 Å². The molecule has 0 saturated carbocycles. The number of rotatable bonds is 1.